The Morgan fingerprint density at radius 1 is 1.22 bits per heavy atom. The van der Waals surface area contributed by atoms with E-state index in [1.807, 2.05) is 7.05 Å². The van der Waals surface area contributed by atoms with Gasteiger partial charge in [0.2, 0.25) is 0 Å². The van der Waals surface area contributed by atoms with Crippen LogP contribution in [0.1, 0.15) is 38.8 Å². The van der Waals surface area contributed by atoms with Gasteiger partial charge in [0, 0.05) is 22.8 Å². The monoisotopic (exact) mass is 261 g/mol. The molecule has 0 spiro atoms. The van der Waals surface area contributed by atoms with Gasteiger partial charge in [-0.1, -0.05) is 18.1 Å². The van der Waals surface area contributed by atoms with E-state index in [4.69, 9.17) is 0 Å². The lowest BCUT2D eigenvalue weighted by Gasteiger charge is -2.14. The minimum absolute atomic E-state index is 0.0843. The number of rotatable bonds is 4. The SMILES string of the molecule is CNC(CC#CC(C)(C)C)c1ccc(SC)cc1. The van der Waals surface area contributed by atoms with Crippen LogP contribution in [0.5, 0.6) is 0 Å². The summed E-state index contributed by atoms with van der Waals surface area (Å²) in [6, 6.07) is 9.02. The third-order valence-electron chi connectivity index (χ3n) is 2.64. The Bertz CT molecular complexity index is 417. The van der Waals surface area contributed by atoms with E-state index >= 15 is 0 Å². The topological polar surface area (TPSA) is 12.0 Å². The second-order valence-electron chi connectivity index (χ2n) is 5.37. The molecule has 1 atom stereocenters. The van der Waals surface area contributed by atoms with Crippen LogP contribution < -0.4 is 5.32 Å². The second-order valence-corrected chi connectivity index (χ2v) is 6.25. The van der Waals surface area contributed by atoms with Crippen LogP contribution in [-0.4, -0.2) is 13.3 Å². The molecule has 0 aliphatic carbocycles. The number of benzene rings is 1. The van der Waals surface area contributed by atoms with Crippen molar-refractivity contribution in [3.8, 4) is 11.8 Å². The molecule has 1 N–H and O–H groups in total. The first kappa shape index (κ1) is 15.1. The van der Waals surface area contributed by atoms with Gasteiger partial charge in [0.25, 0.3) is 0 Å². The summed E-state index contributed by atoms with van der Waals surface area (Å²) in [7, 11) is 1.99. The van der Waals surface area contributed by atoms with E-state index in [-0.39, 0.29) is 5.41 Å². The molecule has 1 unspecified atom stereocenters. The lowest BCUT2D eigenvalue weighted by molar-refractivity contribution is 0.566. The molecule has 0 heterocycles. The molecule has 0 aliphatic heterocycles. The zero-order valence-electron chi connectivity index (χ0n) is 12.0. The maximum absolute atomic E-state index is 3.33. The van der Waals surface area contributed by atoms with Gasteiger partial charge in [-0.15, -0.1) is 17.7 Å². The van der Waals surface area contributed by atoms with Crippen LogP contribution in [0.15, 0.2) is 29.2 Å². The first-order chi connectivity index (χ1) is 8.46. The molecule has 18 heavy (non-hydrogen) atoms. The lowest BCUT2D eigenvalue weighted by atomic mass is 9.97. The van der Waals surface area contributed by atoms with Crippen molar-refractivity contribution < 1.29 is 0 Å². The molecule has 0 saturated carbocycles. The van der Waals surface area contributed by atoms with E-state index in [0.29, 0.717) is 6.04 Å². The van der Waals surface area contributed by atoms with E-state index < -0.39 is 0 Å². The van der Waals surface area contributed by atoms with Gasteiger partial charge in [-0.05, 0) is 51.8 Å². The summed E-state index contributed by atoms with van der Waals surface area (Å²) >= 11 is 1.77. The highest BCUT2D eigenvalue weighted by molar-refractivity contribution is 7.98. The van der Waals surface area contributed by atoms with E-state index in [2.05, 4.69) is 68.5 Å². The summed E-state index contributed by atoms with van der Waals surface area (Å²) < 4.78 is 0. The van der Waals surface area contributed by atoms with Crippen molar-refractivity contribution in [1.82, 2.24) is 5.32 Å². The average molecular weight is 261 g/mol. The van der Waals surface area contributed by atoms with Crippen LogP contribution >= 0.6 is 11.8 Å². The first-order valence-electron chi connectivity index (χ1n) is 6.27. The maximum Gasteiger partial charge on any atom is 0.0428 e. The van der Waals surface area contributed by atoms with Crippen LogP contribution in [0.3, 0.4) is 0 Å². The van der Waals surface area contributed by atoms with Gasteiger partial charge in [-0.2, -0.15) is 0 Å². The Kier molecular flexibility index (Phi) is 5.78. The Morgan fingerprint density at radius 2 is 1.83 bits per heavy atom. The zero-order valence-corrected chi connectivity index (χ0v) is 12.8. The first-order valence-corrected chi connectivity index (χ1v) is 7.50. The summed E-state index contributed by atoms with van der Waals surface area (Å²) in [4.78, 5) is 1.30. The van der Waals surface area contributed by atoms with Crippen molar-refractivity contribution in [3.05, 3.63) is 29.8 Å². The van der Waals surface area contributed by atoms with Gasteiger partial charge in [0.15, 0.2) is 0 Å². The smallest absolute Gasteiger partial charge is 0.0428 e. The highest BCUT2D eigenvalue weighted by atomic mass is 32.2. The molecule has 1 rings (SSSR count). The van der Waals surface area contributed by atoms with E-state index in [0.717, 1.165) is 6.42 Å². The normalized spacial score (nSPS) is 12.7. The summed E-state index contributed by atoms with van der Waals surface area (Å²) in [5.74, 6) is 6.57. The van der Waals surface area contributed by atoms with Crippen molar-refractivity contribution in [2.24, 2.45) is 5.41 Å². The number of thioether (sulfide) groups is 1. The molecule has 1 nitrogen and oxygen atoms in total. The van der Waals surface area contributed by atoms with Crippen LogP contribution in [0, 0.1) is 17.3 Å². The lowest BCUT2D eigenvalue weighted by Crippen LogP contribution is -2.15. The average Bonchev–Trinajstić information content (AvgIpc) is 2.34. The van der Waals surface area contributed by atoms with Crippen LogP contribution in [0.2, 0.25) is 0 Å². The molecule has 1 aromatic carbocycles. The van der Waals surface area contributed by atoms with Gasteiger partial charge in [-0.25, -0.2) is 0 Å². The summed E-state index contributed by atoms with van der Waals surface area (Å²) in [5, 5.41) is 3.33. The summed E-state index contributed by atoms with van der Waals surface area (Å²) in [5.41, 5.74) is 1.39. The molecule has 0 aromatic heterocycles. The van der Waals surface area contributed by atoms with Gasteiger partial charge in [0.1, 0.15) is 0 Å². The zero-order chi connectivity index (χ0) is 13.6. The fourth-order valence-corrected chi connectivity index (χ4v) is 2.05. The summed E-state index contributed by atoms with van der Waals surface area (Å²) in [6.07, 6.45) is 2.95. The molecule has 0 radical (unpaired) electrons. The van der Waals surface area contributed by atoms with Gasteiger partial charge in [-0.3, -0.25) is 0 Å². The predicted octanol–water partition coefficient (Wildman–Crippen LogP) is 4.11. The molecule has 2 heteroatoms. The third-order valence-corrected chi connectivity index (χ3v) is 3.38. The highest BCUT2D eigenvalue weighted by Crippen LogP contribution is 2.21. The van der Waals surface area contributed by atoms with Gasteiger partial charge < -0.3 is 5.32 Å². The van der Waals surface area contributed by atoms with Crippen LogP contribution in [-0.2, 0) is 0 Å². The largest absolute Gasteiger partial charge is 0.312 e. The molecule has 0 bridgehead atoms. The van der Waals surface area contributed by atoms with Crippen molar-refractivity contribution in [1.29, 1.82) is 0 Å². The molecule has 0 saturated heterocycles. The van der Waals surface area contributed by atoms with E-state index in [9.17, 15) is 0 Å². The quantitative estimate of drug-likeness (QED) is 0.646. The minimum atomic E-state index is 0.0843. The molecular weight excluding hydrogens is 238 g/mol. The second kappa shape index (κ2) is 6.87. The van der Waals surface area contributed by atoms with Gasteiger partial charge in [0.05, 0.1) is 0 Å². The standard InChI is InChI=1S/C16H23NS/c1-16(2,3)12-6-7-15(17-4)13-8-10-14(18-5)11-9-13/h8-11,15,17H,7H2,1-5H3. The van der Waals surface area contributed by atoms with Crippen molar-refractivity contribution in [2.45, 2.75) is 38.1 Å². The predicted molar refractivity (Wildman–Crippen MR) is 81.9 cm³/mol. The third kappa shape index (κ3) is 5.16. The van der Waals surface area contributed by atoms with Gasteiger partial charge >= 0.3 is 0 Å². The van der Waals surface area contributed by atoms with Crippen molar-refractivity contribution >= 4 is 11.8 Å². The molecular formula is C16H23NS. The number of nitrogens with one attached hydrogen (secondary N) is 1. The van der Waals surface area contributed by atoms with Crippen LogP contribution in [0.25, 0.3) is 0 Å². The fraction of sp³-hybridized carbons (Fsp3) is 0.500. The van der Waals surface area contributed by atoms with E-state index in [1.165, 1.54) is 10.5 Å². The Labute approximate surface area is 116 Å². The Balaban J connectivity index is 2.73. The van der Waals surface area contributed by atoms with E-state index in [1.54, 1.807) is 11.8 Å². The maximum atomic E-state index is 3.33. The van der Waals surface area contributed by atoms with Crippen molar-refractivity contribution in [3.63, 3.8) is 0 Å². The molecule has 0 fully saturated rings. The number of hydrogen-bond donors (Lipinski definition) is 1. The molecule has 0 aliphatic rings. The number of hydrogen-bond acceptors (Lipinski definition) is 2. The molecule has 0 amide bonds. The molecule has 98 valence electrons. The van der Waals surface area contributed by atoms with Crippen LogP contribution in [0.4, 0.5) is 0 Å². The fourth-order valence-electron chi connectivity index (χ4n) is 1.64. The molecule has 1 aromatic rings. The Hall–Kier alpha value is -0.910. The highest BCUT2D eigenvalue weighted by Gasteiger charge is 2.08. The summed E-state index contributed by atoms with van der Waals surface area (Å²) in [6.45, 7) is 6.42. The Morgan fingerprint density at radius 3 is 2.28 bits per heavy atom. The minimum Gasteiger partial charge on any atom is -0.312 e. The van der Waals surface area contributed by atoms with Crippen molar-refractivity contribution in [2.75, 3.05) is 13.3 Å².